The number of aryl methyl sites for hydroxylation is 1. The molecule has 0 saturated carbocycles. The Hall–Kier alpha value is -3.08. The monoisotopic (exact) mass is 374 g/mol. The Morgan fingerprint density at radius 2 is 1.82 bits per heavy atom. The smallest absolute Gasteiger partial charge is 0.224 e. The maximum absolute atomic E-state index is 12.6. The molecule has 144 valence electrons. The van der Waals surface area contributed by atoms with Crippen LogP contribution in [0.4, 0.5) is 5.69 Å². The van der Waals surface area contributed by atoms with E-state index in [1.807, 2.05) is 40.2 Å². The Kier molecular flexibility index (Phi) is 5.71. The van der Waals surface area contributed by atoms with E-state index in [0.29, 0.717) is 13.0 Å². The van der Waals surface area contributed by atoms with Gasteiger partial charge in [-0.2, -0.15) is 0 Å². The molecule has 28 heavy (non-hydrogen) atoms. The van der Waals surface area contributed by atoms with E-state index < -0.39 is 0 Å². The van der Waals surface area contributed by atoms with Gasteiger partial charge in [0.25, 0.3) is 0 Å². The summed E-state index contributed by atoms with van der Waals surface area (Å²) in [4.78, 5) is 21.5. The highest BCUT2D eigenvalue weighted by atomic mass is 16.2. The normalized spacial score (nSPS) is 16.8. The molecular formula is C23H26N4O. The van der Waals surface area contributed by atoms with Crippen molar-refractivity contribution in [3.05, 3.63) is 78.9 Å². The first-order chi connectivity index (χ1) is 13.8. The maximum atomic E-state index is 12.6. The zero-order valence-electron chi connectivity index (χ0n) is 16.1. The lowest BCUT2D eigenvalue weighted by Gasteiger charge is -2.36. The van der Waals surface area contributed by atoms with E-state index in [0.717, 1.165) is 38.3 Å². The van der Waals surface area contributed by atoms with Crippen LogP contribution in [-0.4, -0.2) is 46.5 Å². The summed E-state index contributed by atoms with van der Waals surface area (Å²) >= 11 is 0. The van der Waals surface area contributed by atoms with Gasteiger partial charge < -0.3 is 14.4 Å². The van der Waals surface area contributed by atoms with Crippen molar-refractivity contribution in [2.75, 3.05) is 31.1 Å². The van der Waals surface area contributed by atoms with Crippen molar-refractivity contribution in [1.29, 1.82) is 0 Å². The summed E-state index contributed by atoms with van der Waals surface area (Å²) in [5.41, 5.74) is 3.42. The number of nitrogens with zero attached hydrogens (tertiary/aromatic N) is 4. The molecule has 1 amide bonds. The van der Waals surface area contributed by atoms with Gasteiger partial charge in [0.15, 0.2) is 0 Å². The molecule has 2 aromatic rings. The predicted octanol–water partition coefficient (Wildman–Crippen LogP) is 3.52. The molecule has 1 aromatic carbocycles. The highest BCUT2D eigenvalue weighted by Crippen LogP contribution is 2.19. The van der Waals surface area contributed by atoms with E-state index in [1.54, 1.807) is 0 Å². The van der Waals surface area contributed by atoms with E-state index in [1.165, 1.54) is 11.3 Å². The van der Waals surface area contributed by atoms with Gasteiger partial charge in [-0.25, -0.2) is 4.98 Å². The van der Waals surface area contributed by atoms with E-state index in [2.05, 4.69) is 52.4 Å². The van der Waals surface area contributed by atoms with Crippen LogP contribution in [0.5, 0.6) is 0 Å². The summed E-state index contributed by atoms with van der Waals surface area (Å²) in [7, 11) is 0. The second-order valence-corrected chi connectivity index (χ2v) is 7.16. The second-order valence-electron chi connectivity index (χ2n) is 7.16. The van der Waals surface area contributed by atoms with Crippen molar-refractivity contribution in [3.63, 3.8) is 0 Å². The van der Waals surface area contributed by atoms with Crippen LogP contribution in [0.25, 0.3) is 5.57 Å². The molecule has 2 aliphatic rings. The minimum Gasteiger partial charge on any atom is -0.368 e. The molecule has 0 radical (unpaired) electrons. The van der Waals surface area contributed by atoms with Gasteiger partial charge in [-0.3, -0.25) is 4.79 Å². The van der Waals surface area contributed by atoms with Crippen molar-refractivity contribution in [1.82, 2.24) is 14.5 Å². The quantitative estimate of drug-likeness (QED) is 0.804. The van der Waals surface area contributed by atoms with Crippen LogP contribution < -0.4 is 4.90 Å². The van der Waals surface area contributed by atoms with Crippen LogP contribution in [0.15, 0.2) is 73.2 Å². The van der Waals surface area contributed by atoms with Crippen molar-refractivity contribution in [2.45, 2.75) is 19.4 Å². The number of para-hydroxylation sites is 1. The lowest BCUT2D eigenvalue weighted by molar-refractivity contribution is -0.131. The third kappa shape index (κ3) is 4.42. The molecule has 1 aliphatic carbocycles. The number of imidazole rings is 1. The van der Waals surface area contributed by atoms with Crippen molar-refractivity contribution < 1.29 is 4.79 Å². The Morgan fingerprint density at radius 3 is 2.64 bits per heavy atom. The van der Waals surface area contributed by atoms with Gasteiger partial charge in [-0.15, -0.1) is 0 Å². The van der Waals surface area contributed by atoms with Crippen molar-refractivity contribution >= 4 is 17.2 Å². The number of hydrogen-bond acceptors (Lipinski definition) is 3. The molecule has 1 saturated heterocycles. The van der Waals surface area contributed by atoms with Crippen LogP contribution in [0.2, 0.25) is 0 Å². The number of hydrogen-bond donors (Lipinski definition) is 0. The summed E-state index contributed by atoms with van der Waals surface area (Å²) in [6, 6.07) is 10.4. The Bertz CT molecular complexity index is 886. The van der Waals surface area contributed by atoms with E-state index in [9.17, 15) is 4.79 Å². The molecule has 5 nitrogen and oxygen atoms in total. The highest BCUT2D eigenvalue weighted by molar-refractivity contribution is 5.76. The number of anilines is 1. The third-order valence-corrected chi connectivity index (χ3v) is 5.29. The van der Waals surface area contributed by atoms with Crippen LogP contribution in [-0.2, 0) is 11.3 Å². The molecule has 1 aromatic heterocycles. The fraction of sp³-hybridized carbons (Fsp3) is 0.304. The van der Waals surface area contributed by atoms with Crippen LogP contribution >= 0.6 is 0 Å². The molecule has 4 rings (SSSR count). The van der Waals surface area contributed by atoms with E-state index in [-0.39, 0.29) is 5.91 Å². The Morgan fingerprint density at radius 1 is 1.00 bits per heavy atom. The van der Waals surface area contributed by atoms with Crippen molar-refractivity contribution in [3.8, 4) is 0 Å². The molecule has 2 heterocycles. The van der Waals surface area contributed by atoms with Gasteiger partial charge in [-0.05, 0) is 24.1 Å². The first-order valence-corrected chi connectivity index (χ1v) is 9.92. The van der Waals surface area contributed by atoms with Gasteiger partial charge in [0.05, 0.1) is 12.0 Å². The van der Waals surface area contributed by atoms with Crippen molar-refractivity contribution in [2.24, 2.45) is 0 Å². The molecule has 0 bridgehead atoms. The number of carbonyl (C=O) groups excluding carboxylic acids is 1. The standard InChI is InChI=1S/C23H26N4O/c28-23(27-16-14-26(15-17-27)21-10-6-3-7-11-21)12-13-25-18-22(24-19-25)20-8-4-1-2-5-9-20/h1-8,10-11,18-19H,9,12-17H2. The summed E-state index contributed by atoms with van der Waals surface area (Å²) in [6.07, 6.45) is 15.6. The Balaban J connectivity index is 1.27. The number of aromatic nitrogens is 2. The molecule has 0 atom stereocenters. The third-order valence-electron chi connectivity index (χ3n) is 5.29. The van der Waals surface area contributed by atoms with Gasteiger partial charge in [0, 0.05) is 51.0 Å². The van der Waals surface area contributed by atoms with Crippen LogP contribution in [0.3, 0.4) is 0 Å². The zero-order valence-corrected chi connectivity index (χ0v) is 16.1. The maximum Gasteiger partial charge on any atom is 0.224 e. The molecule has 5 heteroatoms. The van der Waals surface area contributed by atoms with Gasteiger partial charge in [0.2, 0.25) is 5.91 Å². The predicted molar refractivity (Wildman–Crippen MR) is 113 cm³/mol. The number of benzene rings is 1. The summed E-state index contributed by atoms with van der Waals surface area (Å²) < 4.78 is 2.02. The molecular weight excluding hydrogens is 348 g/mol. The minimum absolute atomic E-state index is 0.225. The minimum atomic E-state index is 0.225. The van der Waals surface area contributed by atoms with Gasteiger partial charge >= 0.3 is 0 Å². The SMILES string of the molecule is O=C(CCn1cnc(C2=CC=CC=CC2)c1)N1CCN(c2ccccc2)CC1. The fourth-order valence-corrected chi connectivity index (χ4v) is 3.65. The first-order valence-electron chi connectivity index (χ1n) is 9.92. The Labute approximate surface area is 166 Å². The average molecular weight is 374 g/mol. The summed E-state index contributed by atoms with van der Waals surface area (Å²) in [5.74, 6) is 0.225. The van der Waals surface area contributed by atoms with E-state index in [4.69, 9.17) is 0 Å². The number of amides is 1. The molecule has 1 aliphatic heterocycles. The van der Waals surface area contributed by atoms with Crippen LogP contribution in [0.1, 0.15) is 18.5 Å². The number of rotatable bonds is 5. The lowest BCUT2D eigenvalue weighted by Crippen LogP contribution is -2.48. The molecule has 1 fully saturated rings. The average Bonchev–Trinajstić information content (AvgIpc) is 3.06. The molecule has 0 unspecified atom stereocenters. The van der Waals surface area contributed by atoms with Gasteiger partial charge in [0.1, 0.15) is 0 Å². The topological polar surface area (TPSA) is 41.4 Å². The largest absolute Gasteiger partial charge is 0.368 e. The lowest BCUT2D eigenvalue weighted by atomic mass is 10.1. The van der Waals surface area contributed by atoms with Crippen LogP contribution in [0, 0.1) is 0 Å². The first kappa shape index (κ1) is 18.3. The fourth-order valence-electron chi connectivity index (χ4n) is 3.65. The number of piperazine rings is 1. The molecule has 0 spiro atoms. The zero-order chi connectivity index (χ0) is 19.2. The summed E-state index contributed by atoms with van der Waals surface area (Å²) in [6.45, 7) is 4.02. The second kappa shape index (κ2) is 8.74. The van der Waals surface area contributed by atoms with Gasteiger partial charge in [-0.1, -0.05) is 48.6 Å². The molecule has 0 N–H and O–H groups in total. The number of carbonyl (C=O) groups is 1. The van der Waals surface area contributed by atoms with E-state index >= 15 is 0 Å². The number of allylic oxidation sites excluding steroid dienone is 6. The highest BCUT2D eigenvalue weighted by Gasteiger charge is 2.21. The summed E-state index contributed by atoms with van der Waals surface area (Å²) in [5, 5.41) is 0.